The second-order valence-corrected chi connectivity index (χ2v) is 7.95. The van der Waals surface area contributed by atoms with Gasteiger partial charge in [0.1, 0.15) is 11.8 Å². The van der Waals surface area contributed by atoms with E-state index < -0.39 is 6.04 Å². The zero-order chi connectivity index (χ0) is 22.0. The molecule has 1 aliphatic heterocycles. The zero-order valence-corrected chi connectivity index (χ0v) is 18.2. The first-order valence-corrected chi connectivity index (χ1v) is 10.4. The van der Waals surface area contributed by atoms with Gasteiger partial charge in [0.2, 0.25) is 5.91 Å². The number of carbonyl (C=O) groups excluding carboxylic acids is 2. The summed E-state index contributed by atoms with van der Waals surface area (Å²) >= 11 is 5.65. The van der Waals surface area contributed by atoms with Crippen molar-refractivity contribution in [1.82, 2.24) is 4.90 Å². The molecule has 7 heteroatoms. The number of rotatable bonds is 6. The van der Waals surface area contributed by atoms with E-state index in [9.17, 15) is 9.59 Å². The van der Waals surface area contributed by atoms with E-state index in [2.05, 4.69) is 5.32 Å². The van der Waals surface area contributed by atoms with E-state index >= 15 is 0 Å². The standard InChI is InChI=1S/C24H23N3O3S/c1-16-10-11-17(2)20(13-16)25-22(28)14-21-23(29)27(18-7-4-3-5-8-18)24(31)26(21)15-19-9-6-12-30-19/h3-13,21H,14-15H2,1-2H3,(H,25,28)/t21-/m1/s1. The second kappa shape index (κ2) is 8.73. The summed E-state index contributed by atoms with van der Waals surface area (Å²) in [5, 5.41) is 3.30. The van der Waals surface area contributed by atoms with E-state index in [4.69, 9.17) is 16.6 Å². The summed E-state index contributed by atoms with van der Waals surface area (Å²) in [5.41, 5.74) is 3.44. The van der Waals surface area contributed by atoms with E-state index in [1.54, 1.807) is 17.2 Å². The lowest BCUT2D eigenvalue weighted by Crippen LogP contribution is -2.37. The second-order valence-electron chi connectivity index (χ2n) is 7.59. The quantitative estimate of drug-likeness (QED) is 0.583. The van der Waals surface area contributed by atoms with Crippen LogP contribution in [0.3, 0.4) is 0 Å². The molecule has 0 spiro atoms. The van der Waals surface area contributed by atoms with Crippen molar-refractivity contribution in [2.24, 2.45) is 0 Å². The highest BCUT2D eigenvalue weighted by Gasteiger charge is 2.44. The minimum Gasteiger partial charge on any atom is -0.467 e. The number of aryl methyl sites for hydroxylation is 2. The zero-order valence-electron chi connectivity index (χ0n) is 17.4. The third-order valence-corrected chi connectivity index (χ3v) is 5.70. The topological polar surface area (TPSA) is 65.8 Å². The fraction of sp³-hybridized carbons (Fsp3) is 0.208. The van der Waals surface area contributed by atoms with E-state index in [1.165, 1.54) is 4.90 Å². The van der Waals surface area contributed by atoms with Gasteiger partial charge in [0.25, 0.3) is 5.91 Å². The number of hydrogen-bond acceptors (Lipinski definition) is 4. The van der Waals surface area contributed by atoms with Crippen molar-refractivity contribution in [1.29, 1.82) is 0 Å². The number of nitrogens with one attached hydrogen (secondary N) is 1. The predicted octanol–water partition coefficient (Wildman–Crippen LogP) is 4.43. The molecule has 0 unspecified atom stereocenters. The fourth-order valence-electron chi connectivity index (χ4n) is 3.65. The van der Waals surface area contributed by atoms with Gasteiger partial charge in [-0.05, 0) is 67.5 Å². The van der Waals surface area contributed by atoms with Crippen LogP contribution in [0.5, 0.6) is 0 Å². The van der Waals surface area contributed by atoms with Gasteiger partial charge in [-0.3, -0.25) is 14.5 Å². The largest absolute Gasteiger partial charge is 0.467 e. The molecule has 4 rings (SSSR count). The molecule has 31 heavy (non-hydrogen) atoms. The Kier molecular flexibility index (Phi) is 5.86. The number of anilines is 2. The van der Waals surface area contributed by atoms with Crippen molar-refractivity contribution in [2.45, 2.75) is 32.9 Å². The van der Waals surface area contributed by atoms with Crippen LogP contribution in [0.2, 0.25) is 0 Å². The normalized spacial score (nSPS) is 16.1. The van der Waals surface area contributed by atoms with Crippen LogP contribution in [-0.2, 0) is 16.1 Å². The molecule has 1 aliphatic rings. The van der Waals surface area contributed by atoms with Crippen LogP contribution >= 0.6 is 12.2 Å². The molecule has 2 aromatic carbocycles. The molecule has 0 saturated carbocycles. The molecular weight excluding hydrogens is 410 g/mol. The number of benzene rings is 2. The van der Waals surface area contributed by atoms with Crippen LogP contribution < -0.4 is 10.2 Å². The van der Waals surface area contributed by atoms with Crippen LogP contribution in [0.4, 0.5) is 11.4 Å². The molecule has 2 heterocycles. The minimum absolute atomic E-state index is 0.0175. The van der Waals surface area contributed by atoms with Crippen LogP contribution in [-0.4, -0.2) is 27.9 Å². The summed E-state index contributed by atoms with van der Waals surface area (Å²) in [5.74, 6) is 0.207. The Balaban J connectivity index is 1.59. The van der Waals surface area contributed by atoms with Crippen molar-refractivity contribution in [3.8, 4) is 0 Å². The summed E-state index contributed by atoms with van der Waals surface area (Å²) in [6, 6.07) is 18.0. The average molecular weight is 434 g/mol. The number of carbonyl (C=O) groups is 2. The number of furan rings is 1. The number of nitrogens with zero attached hydrogens (tertiary/aromatic N) is 2. The Labute approximate surface area is 186 Å². The minimum atomic E-state index is -0.720. The molecule has 1 fully saturated rings. The van der Waals surface area contributed by atoms with Crippen LogP contribution in [0.25, 0.3) is 0 Å². The lowest BCUT2D eigenvalue weighted by molar-refractivity contribution is -0.124. The smallest absolute Gasteiger partial charge is 0.256 e. The molecule has 2 amide bonds. The van der Waals surface area contributed by atoms with Crippen molar-refractivity contribution >= 4 is 40.5 Å². The van der Waals surface area contributed by atoms with E-state index in [0.29, 0.717) is 23.1 Å². The first-order chi connectivity index (χ1) is 14.9. The van der Waals surface area contributed by atoms with Gasteiger partial charge in [-0.15, -0.1) is 0 Å². The van der Waals surface area contributed by atoms with Gasteiger partial charge in [-0.2, -0.15) is 0 Å². The summed E-state index contributed by atoms with van der Waals surface area (Å²) in [4.78, 5) is 29.5. The van der Waals surface area contributed by atoms with Gasteiger partial charge >= 0.3 is 0 Å². The highest BCUT2D eigenvalue weighted by molar-refractivity contribution is 7.80. The van der Waals surface area contributed by atoms with Crippen molar-refractivity contribution in [3.05, 3.63) is 83.8 Å². The highest BCUT2D eigenvalue weighted by Crippen LogP contribution is 2.29. The van der Waals surface area contributed by atoms with E-state index in [1.807, 2.05) is 68.4 Å². The molecule has 1 aromatic heterocycles. The van der Waals surface area contributed by atoms with Crippen LogP contribution in [0, 0.1) is 13.8 Å². The third kappa shape index (κ3) is 4.36. The summed E-state index contributed by atoms with van der Waals surface area (Å²) in [6.45, 7) is 4.21. The van der Waals surface area contributed by atoms with Crippen LogP contribution in [0.1, 0.15) is 23.3 Å². The maximum absolute atomic E-state index is 13.4. The lowest BCUT2D eigenvalue weighted by atomic mass is 10.1. The number of amides is 2. The predicted molar refractivity (Wildman–Crippen MR) is 124 cm³/mol. The Morgan fingerprint density at radius 3 is 2.58 bits per heavy atom. The molecule has 1 saturated heterocycles. The Hall–Kier alpha value is -3.45. The molecular formula is C24H23N3O3S. The molecule has 3 aromatic rings. The number of para-hydroxylation sites is 1. The molecule has 0 radical (unpaired) electrons. The first-order valence-electron chi connectivity index (χ1n) is 10.0. The van der Waals surface area contributed by atoms with Gasteiger partial charge in [0.15, 0.2) is 5.11 Å². The van der Waals surface area contributed by atoms with Gasteiger partial charge in [-0.25, -0.2) is 0 Å². The lowest BCUT2D eigenvalue weighted by Gasteiger charge is -2.23. The van der Waals surface area contributed by atoms with Gasteiger partial charge in [-0.1, -0.05) is 30.3 Å². The van der Waals surface area contributed by atoms with Crippen LogP contribution in [0.15, 0.2) is 71.3 Å². The maximum atomic E-state index is 13.4. The first kappa shape index (κ1) is 20.8. The molecule has 6 nitrogen and oxygen atoms in total. The van der Waals surface area contributed by atoms with Gasteiger partial charge in [0.05, 0.1) is 24.9 Å². The summed E-state index contributed by atoms with van der Waals surface area (Å²) < 4.78 is 5.47. The molecule has 158 valence electrons. The summed E-state index contributed by atoms with van der Waals surface area (Å²) in [6.07, 6.45) is 1.56. The SMILES string of the molecule is Cc1ccc(C)c(NC(=O)C[C@@H]2C(=O)N(c3ccccc3)C(=S)N2Cc2ccco2)c1. The van der Waals surface area contributed by atoms with E-state index in [0.717, 1.165) is 16.8 Å². The molecule has 0 bridgehead atoms. The third-order valence-electron chi connectivity index (χ3n) is 5.29. The maximum Gasteiger partial charge on any atom is 0.256 e. The Bertz CT molecular complexity index is 1110. The molecule has 1 atom stereocenters. The van der Waals surface area contributed by atoms with Crippen molar-refractivity contribution < 1.29 is 14.0 Å². The molecule has 0 aliphatic carbocycles. The fourth-order valence-corrected chi connectivity index (χ4v) is 4.03. The van der Waals surface area contributed by atoms with Crippen molar-refractivity contribution in [2.75, 3.05) is 10.2 Å². The Morgan fingerprint density at radius 2 is 1.87 bits per heavy atom. The number of hydrogen-bond donors (Lipinski definition) is 1. The summed E-state index contributed by atoms with van der Waals surface area (Å²) in [7, 11) is 0. The van der Waals surface area contributed by atoms with Gasteiger partial charge in [0, 0.05) is 5.69 Å². The van der Waals surface area contributed by atoms with Crippen molar-refractivity contribution in [3.63, 3.8) is 0 Å². The van der Waals surface area contributed by atoms with Gasteiger partial charge < -0.3 is 14.6 Å². The highest BCUT2D eigenvalue weighted by atomic mass is 32.1. The average Bonchev–Trinajstić information content (AvgIpc) is 3.34. The molecule has 1 N–H and O–H groups in total. The monoisotopic (exact) mass is 433 g/mol. The number of thiocarbonyl (C=S) groups is 1. The Morgan fingerprint density at radius 1 is 1.10 bits per heavy atom. The van der Waals surface area contributed by atoms with E-state index in [-0.39, 0.29) is 18.2 Å².